The molecule has 1 saturated carbocycles. The molecule has 1 aromatic rings. The third-order valence-electron chi connectivity index (χ3n) is 5.46. The van der Waals surface area contributed by atoms with E-state index in [4.69, 9.17) is 0 Å². The Bertz CT molecular complexity index is 743. The van der Waals surface area contributed by atoms with Gasteiger partial charge in [0.05, 0.1) is 11.8 Å². The molecule has 7 nitrogen and oxygen atoms in total. The van der Waals surface area contributed by atoms with E-state index in [2.05, 4.69) is 22.5 Å². The Hall–Kier alpha value is -2.70. The van der Waals surface area contributed by atoms with Crippen LogP contribution in [-0.2, 0) is 14.4 Å². The number of likely N-dealkylation sites (tertiary alicyclic amines) is 1. The normalized spacial score (nSPS) is 29.8. The molecule has 1 aromatic heterocycles. The van der Waals surface area contributed by atoms with Gasteiger partial charge in [-0.05, 0) is 36.8 Å². The third-order valence-corrected chi connectivity index (χ3v) is 5.46. The van der Waals surface area contributed by atoms with E-state index in [1.54, 1.807) is 6.07 Å². The summed E-state index contributed by atoms with van der Waals surface area (Å²) < 4.78 is 0. The zero-order valence-electron chi connectivity index (χ0n) is 13.6. The fraction of sp³-hybridized carbons (Fsp3) is 0.444. The van der Waals surface area contributed by atoms with Crippen LogP contribution in [0.1, 0.15) is 19.3 Å². The van der Waals surface area contributed by atoms with Gasteiger partial charge in [0.25, 0.3) is 0 Å². The number of fused-ring (bicyclic) bond motifs is 1. The van der Waals surface area contributed by atoms with Crippen LogP contribution in [-0.4, -0.2) is 39.3 Å². The average Bonchev–Trinajstić information content (AvgIpc) is 2.89. The zero-order valence-corrected chi connectivity index (χ0v) is 13.6. The van der Waals surface area contributed by atoms with Gasteiger partial charge in [0.15, 0.2) is 11.6 Å². The monoisotopic (exact) mass is 341 g/mol. The summed E-state index contributed by atoms with van der Waals surface area (Å²) in [5.74, 6) is -0.958. The van der Waals surface area contributed by atoms with Crippen LogP contribution >= 0.6 is 0 Å². The molecule has 0 unspecified atom stereocenters. The van der Waals surface area contributed by atoms with Crippen molar-refractivity contribution < 1.29 is 19.5 Å². The Morgan fingerprint density at radius 1 is 1.20 bits per heavy atom. The molecule has 0 spiro atoms. The molecule has 2 bridgehead atoms. The van der Waals surface area contributed by atoms with Crippen LogP contribution in [0.25, 0.3) is 0 Å². The van der Waals surface area contributed by atoms with Gasteiger partial charge < -0.3 is 10.4 Å². The summed E-state index contributed by atoms with van der Waals surface area (Å²) in [6.45, 7) is 0.0591. The van der Waals surface area contributed by atoms with E-state index in [0.29, 0.717) is 0 Å². The second kappa shape index (κ2) is 5.98. The van der Waals surface area contributed by atoms with Gasteiger partial charge in [0, 0.05) is 19.2 Å². The number of nitrogens with one attached hydrogen (secondary N) is 1. The number of pyridine rings is 1. The van der Waals surface area contributed by atoms with Crippen molar-refractivity contribution in [3.8, 4) is 5.75 Å². The first kappa shape index (κ1) is 15.8. The van der Waals surface area contributed by atoms with Gasteiger partial charge in [0.1, 0.15) is 0 Å². The predicted octanol–water partition coefficient (Wildman–Crippen LogP) is 1.31. The number of amides is 3. The minimum Gasteiger partial charge on any atom is -0.504 e. The summed E-state index contributed by atoms with van der Waals surface area (Å²) in [7, 11) is 0. The van der Waals surface area contributed by atoms with Crippen molar-refractivity contribution in [3.63, 3.8) is 0 Å². The Morgan fingerprint density at radius 3 is 2.40 bits per heavy atom. The number of aromatic hydroxyl groups is 1. The van der Waals surface area contributed by atoms with Crippen LogP contribution in [0.3, 0.4) is 0 Å². The van der Waals surface area contributed by atoms with Gasteiger partial charge in [-0.3, -0.25) is 19.3 Å². The first-order valence-electron chi connectivity index (χ1n) is 8.53. The number of allylic oxidation sites excluding steroid dienone is 2. The van der Waals surface area contributed by atoms with E-state index in [-0.39, 0.29) is 60.0 Å². The van der Waals surface area contributed by atoms with E-state index in [1.807, 2.05) is 0 Å². The lowest BCUT2D eigenvalue weighted by atomic mass is 9.63. The fourth-order valence-electron chi connectivity index (χ4n) is 4.26. The van der Waals surface area contributed by atoms with Gasteiger partial charge >= 0.3 is 0 Å². The topological polar surface area (TPSA) is 99.6 Å². The largest absolute Gasteiger partial charge is 0.504 e. The van der Waals surface area contributed by atoms with Crippen molar-refractivity contribution in [2.45, 2.75) is 19.3 Å². The van der Waals surface area contributed by atoms with Crippen LogP contribution in [0.5, 0.6) is 5.75 Å². The van der Waals surface area contributed by atoms with Crippen LogP contribution < -0.4 is 5.32 Å². The van der Waals surface area contributed by atoms with Crippen LogP contribution in [0.4, 0.5) is 5.82 Å². The summed E-state index contributed by atoms with van der Waals surface area (Å²) in [6, 6.07) is 2.97. The van der Waals surface area contributed by atoms with Gasteiger partial charge in [-0.1, -0.05) is 12.2 Å². The minimum atomic E-state index is -0.398. The maximum atomic E-state index is 12.7. The highest BCUT2D eigenvalue weighted by atomic mass is 16.3. The molecule has 2 heterocycles. The highest BCUT2D eigenvalue weighted by molar-refractivity contribution is 6.06. The predicted molar refractivity (Wildman–Crippen MR) is 88.2 cm³/mol. The summed E-state index contributed by atoms with van der Waals surface area (Å²) in [4.78, 5) is 42.5. The molecular formula is C18H19N3O4. The number of hydrogen-bond donors (Lipinski definition) is 2. The lowest BCUT2D eigenvalue weighted by Gasteiger charge is -2.38. The van der Waals surface area contributed by atoms with Gasteiger partial charge in [-0.15, -0.1) is 0 Å². The first-order chi connectivity index (χ1) is 12.1. The molecule has 1 saturated heterocycles. The first-order valence-corrected chi connectivity index (χ1v) is 8.53. The highest BCUT2D eigenvalue weighted by Crippen LogP contribution is 2.49. The second-order valence-corrected chi connectivity index (χ2v) is 6.84. The highest BCUT2D eigenvalue weighted by Gasteiger charge is 2.56. The Labute approximate surface area is 144 Å². The SMILES string of the molecule is O=C(CCN1C(=O)[C@H]2[C@H](C1=O)[C@H]1C=C[C@H]2CC1)Nc1ncccc1O. The van der Waals surface area contributed by atoms with E-state index in [9.17, 15) is 19.5 Å². The van der Waals surface area contributed by atoms with Gasteiger partial charge in [-0.25, -0.2) is 4.98 Å². The number of nitrogens with zero attached hydrogens (tertiary/aromatic N) is 2. The van der Waals surface area contributed by atoms with E-state index >= 15 is 0 Å². The quantitative estimate of drug-likeness (QED) is 0.635. The number of carbonyl (C=O) groups is 3. The number of carbonyl (C=O) groups excluding carboxylic acids is 3. The lowest BCUT2D eigenvalue weighted by molar-refractivity contribution is -0.140. The molecule has 3 aliphatic carbocycles. The van der Waals surface area contributed by atoms with Gasteiger partial charge in [-0.2, -0.15) is 0 Å². The fourth-order valence-corrected chi connectivity index (χ4v) is 4.26. The number of anilines is 1. The molecular weight excluding hydrogens is 322 g/mol. The Kier molecular flexibility index (Phi) is 3.78. The van der Waals surface area contributed by atoms with Crippen LogP contribution in [0.2, 0.25) is 0 Å². The number of hydrogen-bond acceptors (Lipinski definition) is 5. The molecule has 7 heteroatoms. The number of rotatable bonds is 4. The second-order valence-electron chi connectivity index (χ2n) is 6.84. The van der Waals surface area contributed by atoms with Crippen molar-refractivity contribution in [2.24, 2.45) is 23.7 Å². The molecule has 2 N–H and O–H groups in total. The van der Waals surface area contributed by atoms with Crippen LogP contribution in [0.15, 0.2) is 30.5 Å². The Morgan fingerprint density at radius 2 is 1.84 bits per heavy atom. The molecule has 1 aliphatic heterocycles. The number of aromatic nitrogens is 1. The summed E-state index contributed by atoms with van der Waals surface area (Å²) in [5.41, 5.74) is 0. The molecule has 0 aromatic carbocycles. The van der Waals surface area contributed by atoms with Gasteiger partial charge in [0.2, 0.25) is 17.7 Å². The standard InChI is InChI=1S/C18H19N3O4/c22-12-2-1-8-19-16(12)20-13(23)7-9-21-17(24)14-10-3-4-11(6-5-10)15(14)18(21)25/h1-4,8,10-11,14-15,22H,5-7,9H2,(H,19,20,23)/t10-,11-,14+,15+/m0/s1. The molecule has 130 valence electrons. The maximum absolute atomic E-state index is 12.7. The van der Waals surface area contributed by atoms with Crippen molar-refractivity contribution in [2.75, 3.05) is 11.9 Å². The molecule has 0 radical (unpaired) electrons. The van der Waals surface area contributed by atoms with Crippen molar-refractivity contribution in [1.82, 2.24) is 9.88 Å². The molecule has 2 fully saturated rings. The maximum Gasteiger partial charge on any atom is 0.233 e. The molecule has 4 atom stereocenters. The molecule has 4 aliphatic rings. The Balaban J connectivity index is 1.40. The van der Waals surface area contributed by atoms with E-state index < -0.39 is 5.91 Å². The van der Waals surface area contributed by atoms with E-state index in [1.165, 1.54) is 17.2 Å². The average molecular weight is 341 g/mol. The summed E-state index contributed by atoms with van der Waals surface area (Å²) in [5, 5.41) is 12.1. The van der Waals surface area contributed by atoms with E-state index in [0.717, 1.165) is 12.8 Å². The van der Waals surface area contributed by atoms with Crippen molar-refractivity contribution >= 4 is 23.5 Å². The number of imide groups is 1. The molecule has 5 rings (SSSR count). The third kappa shape index (κ3) is 2.59. The molecule has 3 amide bonds. The smallest absolute Gasteiger partial charge is 0.233 e. The van der Waals surface area contributed by atoms with Crippen molar-refractivity contribution in [3.05, 3.63) is 30.5 Å². The molecule has 25 heavy (non-hydrogen) atoms. The zero-order chi connectivity index (χ0) is 17.6. The summed E-state index contributed by atoms with van der Waals surface area (Å²) >= 11 is 0. The summed E-state index contributed by atoms with van der Waals surface area (Å²) in [6.07, 6.45) is 7.48. The lowest BCUT2D eigenvalue weighted by Crippen LogP contribution is -2.38. The van der Waals surface area contributed by atoms with Crippen molar-refractivity contribution in [1.29, 1.82) is 0 Å². The minimum absolute atomic E-state index is 0.0182. The van der Waals surface area contributed by atoms with Crippen LogP contribution in [0, 0.1) is 23.7 Å².